The maximum atomic E-state index is 5.15. The molecule has 0 bridgehead atoms. The van der Waals surface area contributed by atoms with Crippen LogP contribution in [0.15, 0.2) is 24.3 Å². The minimum absolute atomic E-state index is 0.346. The van der Waals surface area contributed by atoms with Gasteiger partial charge in [0.25, 0.3) is 0 Å². The number of nitrogens with one attached hydrogen (secondary N) is 1. The molecule has 0 heterocycles. The topological polar surface area (TPSA) is 21.3 Å². The second kappa shape index (κ2) is 7.80. The molecule has 0 saturated carbocycles. The van der Waals surface area contributed by atoms with Crippen LogP contribution in [0.3, 0.4) is 0 Å². The van der Waals surface area contributed by atoms with Crippen LogP contribution in [0.5, 0.6) is 0 Å². The number of aryl methyl sites for hydroxylation is 1. The summed E-state index contributed by atoms with van der Waals surface area (Å²) in [6, 6.07) is 9.08. The van der Waals surface area contributed by atoms with Gasteiger partial charge in [0, 0.05) is 25.6 Å². The van der Waals surface area contributed by atoms with Crippen LogP contribution in [0.4, 0.5) is 0 Å². The Labute approximate surface area is 123 Å². The molecule has 0 spiro atoms. The molecular formula is C18H29NO. The molecule has 0 aliphatic heterocycles. The second-order valence-corrected chi connectivity index (χ2v) is 6.06. The molecule has 0 radical (unpaired) electrons. The van der Waals surface area contributed by atoms with E-state index in [9.17, 15) is 0 Å². The fourth-order valence-electron chi connectivity index (χ4n) is 3.56. The van der Waals surface area contributed by atoms with Crippen LogP contribution in [0.1, 0.15) is 50.2 Å². The van der Waals surface area contributed by atoms with E-state index in [1.807, 2.05) is 0 Å². The first-order chi connectivity index (χ1) is 9.82. The van der Waals surface area contributed by atoms with Crippen LogP contribution in [0.25, 0.3) is 0 Å². The van der Waals surface area contributed by atoms with Gasteiger partial charge in [0.05, 0.1) is 6.61 Å². The highest BCUT2D eigenvalue weighted by molar-refractivity contribution is 5.37. The number of methoxy groups -OCH3 is 1. The third-order valence-electron chi connectivity index (χ3n) is 4.65. The van der Waals surface area contributed by atoms with Crippen molar-refractivity contribution in [1.29, 1.82) is 0 Å². The zero-order valence-corrected chi connectivity index (χ0v) is 13.1. The standard InChI is InChI=1S/C18H29NO/c1-3-4-11-18(15-19-13-14-20-2)12-7-9-16-8-5-6-10-17(16)18/h5-6,8,10,19H,3-4,7,9,11-15H2,1-2H3. The molecule has 112 valence electrons. The van der Waals surface area contributed by atoms with Crippen molar-refractivity contribution >= 4 is 0 Å². The normalized spacial score (nSPS) is 21.7. The van der Waals surface area contributed by atoms with E-state index >= 15 is 0 Å². The number of benzene rings is 1. The molecule has 1 unspecified atom stereocenters. The lowest BCUT2D eigenvalue weighted by atomic mass is 9.67. The van der Waals surface area contributed by atoms with E-state index in [4.69, 9.17) is 4.74 Å². The highest BCUT2D eigenvalue weighted by Crippen LogP contribution is 2.40. The Balaban J connectivity index is 2.14. The van der Waals surface area contributed by atoms with Crippen LogP contribution >= 0.6 is 0 Å². The van der Waals surface area contributed by atoms with Crippen LogP contribution < -0.4 is 5.32 Å². The predicted molar refractivity (Wildman–Crippen MR) is 85.3 cm³/mol. The Morgan fingerprint density at radius 1 is 1.30 bits per heavy atom. The first-order valence-electron chi connectivity index (χ1n) is 8.10. The molecule has 0 amide bonds. The molecule has 1 N–H and O–H groups in total. The quantitative estimate of drug-likeness (QED) is 0.731. The lowest BCUT2D eigenvalue weighted by Crippen LogP contribution is -2.42. The Morgan fingerprint density at radius 2 is 2.15 bits per heavy atom. The number of hydrogen-bond acceptors (Lipinski definition) is 2. The van der Waals surface area contributed by atoms with Crippen molar-refractivity contribution in [2.75, 3.05) is 26.8 Å². The molecular weight excluding hydrogens is 246 g/mol. The Morgan fingerprint density at radius 3 is 2.95 bits per heavy atom. The van der Waals surface area contributed by atoms with Gasteiger partial charge >= 0.3 is 0 Å². The predicted octanol–water partition coefficient (Wildman–Crippen LogP) is 3.69. The van der Waals surface area contributed by atoms with Crippen molar-refractivity contribution in [3.63, 3.8) is 0 Å². The molecule has 0 saturated heterocycles. The minimum Gasteiger partial charge on any atom is -0.383 e. The lowest BCUT2D eigenvalue weighted by molar-refractivity contribution is 0.194. The van der Waals surface area contributed by atoms with Crippen molar-refractivity contribution < 1.29 is 4.74 Å². The molecule has 20 heavy (non-hydrogen) atoms. The fraction of sp³-hybridized carbons (Fsp3) is 0.667. The van der Waals surface area contributed by atoms with Crippen LogP contribution in [-0.2, 0) is 16.6 Å². The summed E-state index contributed by atoms with van der Waals surface area (Å²) in [6.45, 7) is 5.13. The monoisotopic (exact) mass is 275 g/mol. The van der Waals surface area contributed by atoms with E-state index in [-0.39, 0.29) is 0 Å². The molecule has 1 atom stereocenters. The third kappa shape index (κ3) is 3.62. The second-order valence-electron chi connectivity index (χ2n) is 6.06. The van der Waals surface area contributed by atoms with Crippen LogP contribution in [0, 0.1) is 0 Å². The van der Waals surface area contributed by atoms with Crippen molar-refractivity contribution in [3.05, 3.63) is 35.4 Å². The maximum absolute atomic E-state index is 5.15. The molecule has 1 aromatic rings. The fourth-order valence-corrected chi connectivity index (χ4v) is 3.56. The van der Waals surface area contributed by atoms with E-state index < -0.39 is 0 Å². The Kier molecular flexibility index (Phi) is 6.06. The highest BCUT2D eigenvalue weighted by Gasteiger charge is 2.35. The summed E-state index contributed by atoms with van der Waals surface area (Å²) in [6.07, 6.45) is 7.81. The van der Waals surface area contributed by atoms with Crippen molar-refractivity contribution in [2.24, 2.45) is 0 Å². The maximum Gasteiger partial charge on any atom is 0.0587 e. The van der Waals surface area contributed by atoms with Gasteiger partial charge in [0.1, 0.15) is 0 Å². The molecule has 1 aliphatic carbocycles. The Bertz CT molecular complexity index is 404. The van der Waals surface area contributed by atoms with Gasteiger partial charge in [-0.25, -0.2) is 0 Å². The van der Waals surface area contributed by atoms with Gasteiger partial charge in [-0.2, -0.15) is 0 Å². The van der Waals surface area contributed by atoms with E-state index in [2.05, 4.69) is 36.5 Å². The van der Waals surface area contributed by atoms with Gasteiger partial charge in [-0.05, 0) is 36.8 Å². The lowest BCUT2D eigenvalue weighted by Gasteiger charge is -2.40. The summed E-state index contributed by atoms with van der Waals surface area (Å²) >= 11 is 0. The number of ether oxygens (including phenoxy) is 1. The third-order valence-corrected chi connectivity index (χ3v) is 4.65. The molecule has 1 aromatic carbocycles. The SMILES string of the molecule is CCCCC1(CNCCOC)CCCc2ccccc21. The van der Waals surface area contributed by atoms with Gasteiger partial charge in [-0.3, -0.25) is 0 Å². The molecule has 0 fully saturated rings. The number of fused-ring (bicyclic) bond motifs is 1. The zero-order chi connectivity index (χ0) is 14.3. The smallest absolute Gasteiger partial charge is 0.0587 e. The van der Waals surface area contributed by atoms with Crippen molar-refractivity contribution in [2.45, 2.75) is 50.9 Å². The molecule has 0 aromatic heterocycles. The van der Waals surface area contributed by atoms with E-state index in [1.165, 1.54) is 38.5 Å². The largest absolute Gasteiger partial charge is 0.383 e. The van der Waals surface area contributed by atoms with Gasteiger partial charge < -0.3 is 10.1 Å². The minimum atomic E-state index is 0.346. The van der Waals surface area contributed by atoms with E-state index in [0.717, 1.165) is 19.7 Å². The Hall–Kier alpha value is -0.860. The van der Waals surface area contributed by atoms with Crippen LogP contribution in [-0.4, -0.2) is 26.8 Å². The summed E-state index contributed by atoms with van der Waals surface area (Å²) in [5, 5.41) is 3.62. The summed E-state index contributed by atoms with van der Waals surface area (Å²) in [5.41, 5.74) is 3.52. The molecule has 2 heteroatoms. The molecule has 2 rings (SSSR count). The first kappa shape index (κ1) is 15.5. The summed E-state index contributed by atoms with van der Waals surface area (Å²) in [5.74, 6) is 0. The average molecular weight is 275 g/mol. The van der Waals surface area contributed by atoms with Gasteiger partial charge in [0.2, 0.25) is 0 Å². The summed E-state index contributed by atoms with van der Waals surface area (Å²) < 4.78 is 5.15. The molecule has 2 nitrogen and oxygen atoms in total. The number of rotatable bonds is 8. The average Bonchev–Trinajstić information content (AvgIpc) is 2.50. The van der Waals surface area contributed by atoms with Crippen LogP contribution in [0.2, 0.25) is 0 Å². The van der Waals surface area contributed by atoms with Gasteiger partial charge in [0.15, 0.2) is 0 Å². The van der Waals surface area contributed by atoms with E-state index in [0.29, 0.717) is 5.41 Å². The summed E-state index contributed by atoms with van der Waals surface area (Å²) in [4.78, 5) is 0. The first-order valence-corrected chi connectivity index (χ1v) is 8.10. The summed E-state index contributed by atoms with van der Waals surface area (Å²) in [7, 11) is 1.77. The number of hydrogen-bond donors (Lipinski definition) is 1. The molecule has 1 aliphatic rings. The van der Waals surface area contributed by atoms with E-state index in [1.54, 1.807) is 18.2 Å². The van der Waals surface area contributed by atoms with Gasteiger partial charge in [-0.1, -0.05) is 44.0 Å². The highest BCUT2D eigenvalue weighted by atomic mass is 16.5. The zero-order valence-electron chi connectivity index (χ0n) is 13.1. The van der Waals surface area contributed by atoms with Crippen molar-refractivity contribution in [1.82, 2.24) is 5.32 Å². The van der Waals surface area contributed by atoms with Gasteiger partial charge in [-0.15, -0.1) is 0 Å². The number of unbranched alkanes of at least 4 members (excludes halogenated alkanes) is 1. The van der Waals surface area contributed by atoms with Crippen molar-refractivity contribution in [3.8, 4) is 0 Å².